The monoisotopic (exact) mass is 512 g/mol. The number of carbonyl (C=O) groups excluding carboxylic acids is 1. The third kappa shape index (κ3) is 6.37. The van der Waals surface area contributed by atoms with Crippen molar-refractivity contribution in [3.05, 3.63) is 89.7 Å². The zero-order valence-electron chi connectivity index (χ0n) is 22.7. The number of allylic oxidation sites excluding steroid dienone is 3. The lowest BCUT2D eigenvalue weighted by molar-refractivity contribution is 0.0952. The Kier molecular flexibility index (Phi) is 8.61. The molecule has 2 atom stereocenters. The van der Waals surface area contributed by atoms with Gasteiger partial charge in [-0.3, -0.25) is 4.79 Å². The van der Waals surface area contributed by atoms with E-state index in [0.717, 1.165) is 61.2 Å². The number of benzene rings is 2. The fourth-order valence-corrected chi connectivity index (χ4v) is 5.77. The molecule has 1 aromatic heterocycles. The second-order valence-electron chi connectivity index (χ2n) is 10.6. The number of fused-ring (bicyclic) bond motifs is 1. The van der Waals surface area contributed by atoms with Crippen molar-refractivity contribution in [3.63, 3.8) is 0 Å². The van der Waals surface area contributed by atoms with Crippen molar-refractivity contribution in [2.75, 3.05) is 33.3 Å². The Morgan fingerprint density at radius 1 is 1.16 bits per heavy atom. The number of para-hydroxylation sites is 1. The van der Waals surface area contributed by atoms with Crippen molar-refractivity contribution in [2.45, 2.75) is 45.3 Å². The van der Waals surface area contributed by atoms with Gasteiger partial charge in [-0.05, 0) is 56.8 Å². The average molecular weight is 513 g/mol. The van der Waals surface area contributed by atoms with Gasteiger partial charge >= 0.3 is 0 Å². The van der Waals surface area contributed by atoms with Gasteiger partial charge in [0.15, 0.2) is 0 Å². The SMILES string of the molecule is COc1cccc2c(C(=O)NCc3cccc(C)c3)cn(CCCNC3CCN(CC4C=CC=CC4)C3)c12. The van der Waals surface area contributed by atoms with Gasteiger partial charge in [0.2, 0.25) is 0 Å². The summed E-state index contributed by atoms with van der Waals surface area (Å²) in [6, 6.07) is 14.7. The van der Waals surface area contributed by atoms with Gasteiger partial charge in [-0.2, -0.15) is 0 Å². The summed E-state index contributed by atoms with van der Waals surface area (Å²) in [4.78, 5) is 15.8. The van der Waals surface area contributed by atoms with Gasteiger partial charge in [0.05, 0.1) is 18.2 Å². The van der Waals surface area contributed by atoms with Crippen LogP contribution in [0.2, 0.25) is 0 Å². The summed E-state index contributed by atoms with van der Waals surface area (Å²) in [5.74, 6) is 1.39. The molecule has 2 aromatic carbocycles. The van der Waals surface area contributed by atoms with Crippen LogP contribution in [0.25, 0.3) is 10.9 Å². The Hall–Kier alpha value is -3.35. The second-order valence-corrected chi connectivity index (χ2v) is 10.6. The lowest BCUT2D eigenvalue weighted by atomic mass is 10.0. The highest BCUT2D eigenvalue weighted by Crippen LogP contribution is 2.30. The van der Waals surface area contributed by atoms with E-state index in [-0.39, 0.29) is 5.91 Å². The molecule has 2 heterocycles. The van der Waals surface area contributed by atoms with E-state index in [1.165, 1.54) is 18.5 Å². The summed E-state index contributed by atoms with van der Waals surface area (Å²) in [6.07, 6.45) is 14.3. The fraction of sp³-hybridized carbons (Fsp3) is 0.406. The molecular weight excluding hydrogens is 472 g/mol. The van der Waals surface area contributed by atoms with E-state index in [9.17, 15) is 4.79 Å². The molecule has 2 aliphatic rings. The van der Waals surface area contributed by atoms with Gasteiger partial charge in [-0.25, -0.2) is 0 Å². The lowest BCUT2D eigenvalue weighted by Crippen LogP contribution is -2.35. The van der Waals surface area contributed by atoms with E-state index in [1.54, 1.807) is 7.11 Å². The summed E-state index contributed by atoms with van der Waals surface area (Å²) in [6.45, 7) is 7.80. The molecule has 1 fully saturated rings. The molecule has 200 valence electrons. The molecule has 1 saturated heterocycles. The van der Waals surface area contributed by atoms with Crippen molar-refractivity contribution >= 4 is 16.8 Å². The van der Waals surface area contributed by atoms with Gasteiger partial charge in [0, 0.05) is 43.8 Å². The van der Waals surface area contributed by atoms with Crippen LogP contribution in [0.1, 0.15) is 40.7 Å². The highest BCUT2D eigenvalue weighted by molar-refractivity contribution is 6.08. The highest BCUT2D eigenvalue weighted by atomic mass is 16.5. The molecule has 5 rings (SSSR count). The molecule has 3 aromatic rings. The highest BCUT2D eigenvalue weighted by Gasteiger charge is 2.24. The Labute approximate surface area is 226 Å². The van der Waals surface area contributed by atoms with E-state index in [2.05, 4.69) is 63.5 Å². The number of aryl methyl sites for hydroxylation is 2. The maximum Gasteiger partial charge on any atom is 0.253 e. The Morgan fingerprint density at radius 2 is 2.05 bits per heavy atom. The first kappa shape index (κ1) is 26.3. The average Bonchev–Trinajstić information content (AvgIpc) is 3.54. The molecular formula is C32H40N4O2. The predicted octanol–water partition coefficient (Wildman–Crippen LogP) is 5.07. The molecule has 2 N–H and O–H groups in total. The smallest absolute Gasteiger partial charge is 0.253 e. The van der Waals surface area contributed by atoms with Crippen molar-refractivity contribution < 1.29 is 9.53 Å². The van der Waals surface area contributed by atoms with E-state index < -0.39 is 0 Å². The summed E-state index contributed by atoms with van der Waals surface area (Å²) in [7, 11) is 1.69. The minimum atomic E-state index is -0.0593. The van der Waals surface area contributed by atoms with E-state index in [4.69, 9.17) is 4.74 Å². The standard InChI is InChI=1S/C32H40N4O2/c1-24-9-6-12-26(19-24)20-34-32(37)29-23-36(31-28(29)13-7-14-30(31)38-2)17-8-16-33-27-15-18-35(22-27)21-25-10-4-3-5-11-25/h3-7,9-10,12-14,19,23,25,27,33H,8,11,15-18,20-22H2,1-2H3,(H,34,37). The van der Waals surface area contributed by atoms with Gasteiger partial charge in [0.25, 0.3) is 5.91 Å². The van der Waals surface area contributed by atoms with Gasteiger partial charge in [-0.1, -0.05) is 66.3 Å². The molecule has 1 amide bonds. The van der Waals surface area contributed by atoms with Crippen LogP contribution in [0.15, 0.2) is 73.0 Å². The number of likely N-dealkylation sites (tertiary alicyclic amines) is 1. The van der Waals surface area contributed by atoms with Crippen LogP contribution in [-0.4, -0.2) is 54.7 Å². The van der Waals surface area contributed by atoms with Crippen LogP contribution in [0.4, 0.5) is 0 Å². The molecule has 0 saturated carbocycles. The number of ether oxygens (including phenoxy) is 1. The van der Waals surface area contributed by atoms with E-state index in [0.29, 0.717) is 24.1 Å². The summed E-state index contributed by atoms with van der Waals surface area (Å²) in [5, 5.41) is 7.80. The molecule has 2 unspecified atom stereocenters. The minimum Gasteiger partial charge on any atom is -0.495 e. The molecule has 6 nitrogen and oxygen atoms in total. The summed E-state index contributed by atoms with van der Waals surface area (Å²) < 4.78 is 7.86. The Morgan fingerprint density at radius 3 is 2.87 bits per heavy atom. The first-order valence-corrected chi connectivity index (χ1v) is 13.9. The van der Waals surface area contributed by atoms with Crippen molar-refractivity contribution in [1.29, 1.82) is 0 Å². The zero-order valence-corrected chi connectivity index (χ0v) is 22.7. The van der Waals surface area contributed by atoms with Gasteiger partial charge < -0.3 is 24.8 Å². The number of methoxy groups -OCH3 is 1. The number of amides is 1. The molecule has 1 aliphatic carbocycles. The molecule has 0 bridgehead atoms. The lowest BCUT2D eigenvalue weighted by Gasteiger charge is -2.22. The number of aromatic nitrogens is 1. The third-order valence-electron chi connectivity index (χ3n) is 7.70. The maximum absolute atomic E-state index is 13.2. The molecule has 38 heavy (non-hydrogen) atoms. The van der Waals surface area contributed by atoms with Crippen LogP contribution in [-0.2, 0) is 13.1 Å². The number of nitrogens with one attached hydrogen (secondary N) is 2. The molecule has 6 heteroatoms. The zero-order chi connectivity index (χ0) is 26.3. The van der Waals surface area contributed by atoms with Crippen LogP contribution >= 0.6 is 0 Å². The number of nitrogens with zero attached hydrogens (tertiary/aromatic N) is 2. The van der Waals surface area contributed by atoms with E-state index in [1.807, 2.05) is 36.5 Å². The second kappa shape index (κ2) is 12.5. The molecule has 0 spiro atoms. The Balaban J connectivity index is 1.17. The van der Waals surface area contributed by atoms with Gasteiger partial charge in [-0.15, -0.1) is 0 Å². The van der Waals surface area contributed by atoms with Crippen molar-refractivity contribution in [3.8, 4) is 5.75 Å². The normalized spacial score (nSPS) is 19.3. The van der Waals surface area contributed by atoms with Crippen LogP contribution in [0.5, 0.6) is 5.75 Å². The van der Waals surface area contributed by atoms with Crippen LogP contribution in [0, 0.1) is 12.8 Å². The quantitative estimate of drug-likeness (QED) is 0.352. The summed E-state index contributed by atoms with van der Waals surface area (Å²) in [5.41, 5.74) is 3.97. The topological polar surface area (TPSA) is 58.5 Å². The first-order chi connectivity index (χ1) is 18.6. The number of carbonyl (C=O) groups is 1. The van der Waals surface area contributed by atoms with Crippen LogP contribution < -0.4 is 15.4 Å². The number of rotatable bonds is 11. The number of hydrogen-bond acceptors (Lipinski definition) is 4. The minimum absolute atomic E-state index is 0.0593. The van der Waals surface area contributed by atoms with Crippen molar-refractivity contribution in [1.82, 2.24) is 20.1 Å². The molecule has 0 radical (unpaired) electrons. The maximum atomic E-state index is 13.2. The largest absolute Gasteiger partial charge is 0.495 e. The fourth-order valence-electron chi connectivity index (χ4n) is 5.77. The molecule has 1 aliphatic heterocycles. The third-order valence-corrected chi connectivity index (χ3v) is 7.70. The number of hydrogen-bond donors (Lipinski definition) is 2. The van der Waals surface area contributed by atoms with Crippen molar-refractivity contribution in [2.24, 2.45) is 5.92 Å². The van der Waals surface area contributed by atoms with E-state index >= 15 is 0 Å². The predicted molar refractivity (Wildman–Crippen MR) is 155 cm³/mol. The Bertz CT molecular complexity index is 1310. The van der Waals surface area contributed by atoms with Crippen LogP contribution in [0.3, 0.4) is 0 Å². The summed E-state index contributed by atoms with van der Waals surface area (Å²) >= 11 is 0. The van der Waals surface area contributed by atoms with Gasteiger partial charge in [0.1, 0.15) is 5.75 Å². The first-order valence-electron chi connectivity index (χ1n) is 13.9.